The molecule has 0 spiro atoms. The number of phenols is 1. The molecule has 21 heavy (non-hydrogen) atoms. The summed E-state index contributed by atoms with van der Waals surface area (Å²) in [7, 11) is 1.56. The highest BCUT2D eigenvalue weighted by atomic mass is 16.5. The molecule has 0 saturated carbocycles. The van der Waals surface area contributed by atoms with Crippen molar-refractivity contribution < 1.29 is 14.6 Å². The lowest BCUT2D eigenvalue weighted by molar-refractivity contribution is 0.0955. The van der Waals surface area contributed by atoms with E-state index in [0.717, 1.165) is 5.56 Å². The third-order valence-electron chi connectivity index (χ3n) is 2.90. The van der Waals surface area contributed by atoms with Crippen LogP contribution < -0.4 is 10.2 Å². The number of hydrogen-bond donors (Lipinski definition) is 2. The summed E-state index contributed by atoms with van der Waals surface area (Å²) in [6.45, 7) is 1.91. The smallest absolute Gasteiger partial charge is 0.271 e. The summed E-state index contributed by atoms with van der Waals surface area (Å²) in [5.41, 5.74) is 4.43. The van der Waals surface area contributed by atoms with E-state index in [1.165, 1.54) is 6.21 Å². The summed E-state index contributed by atoms with van der Waals surface area (Å²) in [6.07, 6.45) is 1.41. The summed E-state index contributed by atoms with van der Waals surface area (Å²) in [5, 5.41) is 13.5. The van der Waals surface area contributed by atoms with Crippen molar-refractivity contribution in [3.05, 3.63) is 59.2 Å². The van der Waals surface area contributed by atoms with Gasteiger partial charge in [-0.2, -0.15) is 5.10 Å². The van der Waals surface area contributed by atoms with E-state index in [4.69, 9.17) is 4.74 Å². The molecule has 2 aromatic carbocycles. The van der Waals surface area contributed by atoms with E-state index in [1.54, 1.807) is 49.6 Å². The fourth-order valence-electron chi connectivity index (χ4n) is 1.74. The summed E-state index contributed by atoms with van der Waals surface area (Å²) in [5.74, 6) is 0.462. The summed E-state index contributed by atoms with van der Waals surface area (Å²) in [4.78, 5) is 11.9. The van der Waals surface area contributed by atoms with Gasteiger partial charge < -0.3 is 9.84 Å². The average Bonchev–Trinajstić information content (AvgIpc) is 2.50. The van der Waals surface area contributed by atoms with Crippen molar-refractivity contribution >= 4 is 12.1 Å². The Balaban J connectivity index is 2.02. The molecule has 2 rings (SSSR count). The largest absolute Gasteiger partial charge is 0.507 e. The first kappa shape index (κ1) is 14.6. The predicted octanol–water partition coefficient (Wildman–Crippen LogP) is 2.47. The van der Waals surface area contributed by atoms with Gasteiger partial charge in [0.1, 0.15) is 11.5 Å². The summed E-state index contributed by atoms with van der Waals surface area (Å²) < 4.78 is 5.02. The van der Waals surface area contributed by atoms with Gasteiger partial charge in [0.15, 0.2) is 0 Å². The minimum atomic E-state index is -0.332. The molecule has 5 nitrogen and oxygen atoms in total. The summed E-state index contributed by atoms with van der Waals surface area (Å²) in [6, 6.07) is 11.8. The Labute approximate surface area is 122 Å². The number of phenolic OH excluding ortho intramolecular Hbond substituents is 1. The van der Waals surface area contributed by atoms with Crippen LogP contribution >= 0.6 is 0 Å². The molecule has 0 aromatic heterocycles. The molecular formula is C16H16N2O3. The molecule has 0 heterocycles. The first-order valence-corrected chi connectivity index (χ1v) is 6.37. The molecule has 5 heteroatoms. The van der Waals surface area contributed by atoms with Crippen LogP contribution in [-0.2, 0) is 0 Å². The number of benzene rings is 2. The fourth-order valence-corrected chi connectivity index (χ4v) is 1.74. The second kappa shape index (κ2) is 6.56. The zero-order valence-corrected chi connectivity index (χ0v) is 11.8. The number of amides is 1. The Morgan fingerprint density at radius 1 is 1.24 bits per heavy atom. The van der Waals surface area contributed by atoms with E-state index in [0.29, 0.717) is 16.9 Å². The molecule has 2 aromatic rings. The van der Waals surface area contributed by atoms with Crippen LogP contribution in [0.3, 0.4) is 0 Å². The normalized spacial score (nSPS) is 10.6. The molecule has 0 aliphatic rings. The number of nitrogens with zero attached hydrogens (tertiary/aromatic N) is 1. The van der Waals surface area contributed by atoms with Crippen LogP contribution in [0.5, 0.6) is 11.5 Å². The van der Waals surface area contributed by atoms with E-state index in [9.17, 15) is 9.90 Å². The van der Waals surface area contributed by atoms with Crippen LogP contribution in [0.15, 0.2) is 47.6 Å². The van der Waals surface area contributed by atoms with Gasteiger partial charge in [0.05, 0.1) is 13.3 Å². The van der Waals surface area contributed by atoms with Gasteiger partial charge in [-0.15, -0.1) is 0 Å². The Morgan fingerprint density at radius 3 is 2.62 bits per heavy atom. The molecule has 0 aliphatic heterocycles. The maximum Gasteiger partial charge on any atom is 0.271 e. The predicted molar refractivity (Wildman–Crippen MR) is 80.9 cm³/mol. The van der Waals surface area contributed by atoms with Crippen molar-refractivity contribution in [3.63, 3.8) is 0 Å². The highest BCUT2D eigenvalue weighted by Crippen LogP contribution is 2.15. The van der Waals surface area contributed by atoms with Gasteiger partial charge in [-0.3, -0.25) is 4.79 Å². The Bertz CT molecular complexity index is 664. The van der Waals surface area contributed by atoms with Crippen molar-refractivity contribution in [1.82, 2.24) is 5.43 Å². The number of hydrazone groups is 1. The van der Waals surface area contributed by atoms with Crippen LogP contribution in [0.2, 0.25) is 0 Å². The first-order chi connectivity index (χ1) is 10.1. The fraction of sp³-hybridized carbons (Fsp3) is 0.125. The van der Waals surface area contributed by atoms with Crippen molar-refractivity contribution in [2.75, 3.05) is 7.11 Å². The van der Waals surface area contributed by atoms with Gasteiger partial charge >= 0.3 is 0 Å². The zero-order chi connectivity index (χ0) is 15.2. The molecule has 0 radical (unpaired) electrons. The van der Waals surface area contributed by atoms with Crippen LogP contribution in [0.25, 0.3) is 0 Å². The average molecular weight is 284 g/mol. The minimum absolute atomic E-state index is 0.114. The number of carbonyl (C=O) groups is 1. The zero-order valence-electron chi connectivity index (χ0n) is 11.8. The Hall–Kier alpha value is -2.82. The van der Waals surface area contributed by atoms with Crippen molar-refractivity contribution in [1.29, 1.82) is 0 Å². The van der Waals surface area contributed by atoms with Crippen LogP contribution in [0, 0.1) is 6.92 Å². The molecular weight excluding hydrogens is 268 g/mol. The standard InChI is InChI=1S/C16H16N2O3/c1-11-3-8-15(19)13(9-11)10-17-18-16(20)12-4-6-14(21-2)7-5-12/h3-10,19H,1-2H3,(H,18,20)/b17-10-. The quantitative estimate of drug-likeness (QED) is 0.669. The lowest BCUT2D eigenvalue weighted by atomic mass is 10.1. The monoisotopic (exact) mass is 284 g/mol. The van der Waals surface area contributed by atoms with Crippen molar-refractivity contribution in [2.24, 2.45) is 5.10 Å². The van der Waals surface area contributed by atoms with Gasteiger partial charge in [0, 0.05) is 11.1 Å². The molecule has 0 aliphatic carbocycles. The number of aromatic hydroxyl groups is 1. The summed E-state index contributed by atoms with van der Waals surface area (Å²) >= 11 is 0. The van der Waals surface area contributed by atoms with Crippen LogP contribution in [0.4, 0.5) is 0 Å². The van der Waals surface area contributed by atoms with E-state index in [-0.39, 0.29) is 11.7 Å². The SMILES string of the molecule is COc1ccc(C(=O)N/N=C\c2cc(C)ccc2O)cc1. The molecule has 0 fully saturated rings. The highest BCUT2D eigenvalue weighted by Gasteiger charge is 2.04. The second-order valence-electron chi connectivity index (χ2n) is 4.49. The molecule has 0 saturated heterocycles. The number of hydrogen-bond acceptors (Lipinski definition) is 4. The third-order valence-corrected chi connectivity index (χ3v) is 2.90. The number of ether oxygens (including phenoxy) is 1. The van der Waals surface area contributed by atoms with Crippen LogP contribution in [-0.4, -0.2) is 24.3 Å². The highest BCUT2D eigenvalue weighted by molar-refractivity contribution is 5.95. The Kier molecular flexibility index (Phi) is 4.56. The molecule has 2 N–H and O–H groups in total. The first-order valence-electron chi connectivity index (χ1n) is 6.37. The van der Waals surface area contributed by atoms with E-state index in [2.05, 4.69) is 10.5 Å². The number of rotatable bonds is 4. The second-order valence-corrected chi connectivity index (χ2v) is 4.49. The van der Waals surface area contributed by atoms with Crippen LogP contribution in [0.1, 0.15) is 21.5 Å². The van der Waals surface area contributed by atoms with E-state index >= 15 is 0 Å². The van der Waals surface area contributed by atoms with Gasteiger partial charge in [0.2, 0.25) is 0 Å². The minimum Gasteiger partial charge on any atom is -0.507 e. The molecule has 1 amide bonds. The lowest BCUT2D eigenvalue weighted by Crippen LogP contribution is -2.17. The van der Waals surface area contributed by atoms with Gasteiger partial charge in [-0.25, -0.2) is 5.43 Å². The number of aryl methyl sites for hydroxylation is 1. The maximum atomic E-state index is 11.9. The third kappa shape index (κ3) is 3.82. The number of methoxy groups -OCH3 is 1. The number of nitrogens with one attached hydrogen (secondary N) is 1. The molecule has 0 bridgehead atoms. The van der Waals surface area contributed by atoms with E-state index in [1.807, 2.05) is 6.92 Å². The van der Waals surface area contributed by atoms with Crippen molar-refractivity contribution in [3.8, 4) is 11.5 Å². The van der Waals surface area contributed by atoms with Gasteiger partial charge in [-0.1, -0.05) is 11.6 Å². The Morgan fingerprint density at radius 2 is 1.95 bits per heavy atom. The molecule has 0 atom stereocenters. The van der Waals surface area contributed by atoms with E-state index < -0.39 is 0 Å². The maximum absolute atomic E-state index is 11.9. The van der Waals surface area contributed by atoms with Gasteiger partial charge in [-0.05, 0) is 43.3 Å². The number of carbonyl (C=O) groups excluding carboxylic acids is 1. The lowest BCUT2D eigenvalue weighted by Gasteiger charge is -2.03. The van der Waals surface area contributed by atoms with Gasteiger partial charge in [0.25, 0.3) is 5.91 Å². The molecule has 0 unspecified atom stereocenters. The topological polar surface area (TPSA) is 70.9 Å². The molecule has 108 valence electrons. The van der Waals surface area contributed by atoms with Crippen molar-refractivity contribution in [2.45, 2.75) is 6.92 Å².